The van der Waals surface area contributed by atoms with E-state index in [1.54, 1.807) is 11.8 Å². The van der Waals surface area contributed by atoms with E-state index in [1.807, 2.05) is 0 Å². The third kappa shape index (κ3) is 4.69. The normalized spacial score (nSPS) is 19.5. The van der Waals surface area contributed by atoms with Crippen LogP contribution in [0.3, 0.4) is 0 Å². The lowest BCUT2D eigenvalue weighted by atomic mass is 10.1. The fourth-order valence-corrected chi connectivity index (χ4v) is 2.97. The van der Waals surface area contributed by atoms with Crippen LogP contribution in [0.5, 0.6) is 0 Å². The number of nitrogens with one attached hydrogen (secondary N) is 1. The highest BCUT2D eigenvalue weighted by Crippen LogP contribution is 2.21. The summed E-state index contributed by atoms with van der Waals surface area (Å²) < 4.78 is 5.46. The summed E-state index contributed by atoms with van der Waals surface area (Å²) in [5, 5.41) is 12.7. The van der Waals surface area contributed by atoms with Crippen LogP contribution in [-0.4, -0.2) is 47.9 Å². The van der Waals surface area contributed by atoms with Gasteiger partial charge in [-0.25, -0.2) is 4.79 Å². The van der Waals surface area contributed by atoms with Gasteiger partial charge in [-0.1, -0.05) is 26.0 Å². The number of carbonyl (C=O) groups excluding carboxylic acids is 1. The Labute approximate surface area is 138 Å². The molecule has 2 amide bonds. The molecular formula is C18H28N2O3. The minimum Gasteiger partial charge on any atom is -0.393 e. The summed E-state index contributed by atoms with van der Waals surface area (Å²) in [7, 11) is 0. The molecule has 1 aliphatic heterocycles. The van der Waals surface area contributed by atoms with Gasteiger partial charge in [-0.15, -0.1) is 0 Å². The van der Waals surface area contributed by atoms with Crippen molar-refractivity contribution >= 4 is 11.7 Å². The summed E-state index contributed by atoms with van der Waals surface area (Å²) in [6.07, 6.45) is 1.89. The first-order valence-corrected chi connectivity index (χ1v) is 8.50. The number of anilines is 1. The lowest BCUT2D eigenvalue weighted by molar-refractivity contribution is -0.00160. The predicted molar refractivity (Wildman–Crippen MR) is 91.8 cm³/mol. The molecule has 5 nitrogen and oxygen atoms in total. The Morgan fingerprint density at radius 1 is 1.43 bits per heavy atom. The van der Waals surface area contributed by atoms with E-state index in [1.165, 1.54) is 5.56 Å². The Morgan fingerprint density at radius 2 is 2.22 bits per heavy atom. The molecule has 0 radical (unpaired) electrons. The van der Waals surface area contributed by atoms with Gasteiger partial charge in [0.15, 0.2) is 0 Å². The van der Waals surface area contributed by atoms with Gasteiger partial charge in [0.05, 0.1) is 25.4 Å². The molecule has 0 aromatic heterocycles. The number of aryl methyl sites for hydroxylation is 2. The predicted octanol–water partition coefficient (Wildman–Crippen LogP) is 2.82. The number of rotatable bonds is 5. The number of carbonyl (C=O) groups is 1. The van der Waals surface area contributed by atoms with Gasteiger partial charge in [-0.05, 0) is 43.4 Å². The number of benzene rings is 1. The van der Waals surface area contributed by atoms with E-state index in [-0.39, 0.29) is 12.1 Å². The van der Waals surface area contributed by atoms with Crippen LogP contribution in [0.2, 0.25) is 0 Å². The summed E-state index contributed by atoms with van der Waals surface area (Å²) in [4.78, 5) is 14.5. The highest BCUT2D eigenvalue weighted by Gasteiger charge is 2.28. The number of hydrogen-bond acceptors (Lipinski definition) is 3. The van der Waals surface area contributed by atoms with E-state index in [2.05, 4.69) is 37.4 Å². The molecule has 2 rings (SSSR count). The largest absolute Gasteiger partial charge is 0.393 e. The molecule has 1 aromatic rings. The second kappa shape index (κ2) is 8.31. The molecule has 0 spiro atoms. The zero-order chi connectivity index (χ0) is 16.8. The van der Waals surface area contributed by atoms with E-state index >= 15 is 0 Å². The molecule has 1 fully saturated rings. The number of hydrogen-bond donors (Lipinski definition) is 2. The first-order valence-electron chi connectivity index (χ1n) is 8.50. The number of amides is 2. The maximum Gasteiger partial charge on any atom is 0.322 e. The molecule has 1 aromatic carbocycles. The smallest absolute Gasteiger partial charge is 0.322 e. The van der Waals surface area contributed by atoms with E-state index < -0.39 is 6.10 Å². The monoisotopic (exact) mass is 320 g/mol. The van der Waals surface area contributed by atoms with Crippen LogP contribution < -0.4 is 5.32 Å². The summed E-state index contributed by atoms with van der Waals surface area (Å²) >= 11 is 0. The molecule has 1 aliphatic rings. The standard InChI is InChI=1S/C18H28N2O3/c1-4-14-6-7-15(5-2)17(11-14)19-18(22)20-8-9-23-12-16(20)10-13(3)21/h6-7,11,13,16,21H,4-5,8-10,12H2,1-3H3,(H,19,22)/t13-,16+/m1/s1. The fraction of sp³-hybridized carbons (Fsp3) is 0.611. The Bertz CT molecular complexity index is 531. The van der Waals surface area contributed by atoms with Gasteiger partial charge in [0, 0.05) is 12.2 Å². The van der Waals surface area contributed by atoms with E-state index in [0.29, 0.717) is 26.2 Å². The van der Waals surface area contributed by atoms with Crippen molar-refractivity contribution in [3.05, 3.63) is 29.3 Å². The molecule has 1 saturated heterocycles. The van der Waals surface area contributed by atoms with Crippen LogP contribution in [0.15, 0.2) is 18.2 Å². The molecule has 128 valence electrons. The number of aliphatic hydroxyl groups is 1. The van der Waals surface area contributed by atoms with Gasteiger partial charge in [-0.2, -0.15) is 0 Å². The minimum absolute atomic E-state index is 0.0804. The number of aliphatic hydroxyl groups excluding tert-OH is 1. The van der Waals surface area contributed by atoms with Crippen molar-refractivity contribution in [2.45, 2.75) is 52.2 Å². The van der Waals surface area contributed by atoms with Crippen molar-refractivity contribution in [1.29, 1.82) is 0 Å². The van der Waals surface area contributed by atoms with Crippen LogP contribution in [0, 0.1) is 0 Å². The highest BCUT2D eigenvalue weighted by molar-refractivity contribution is 5.90. The van der Waals surface area contributed by atoms with Gasteiger partial charge < -0.3 is 20.1 Å². The average molecular weight is 320 g/mol. The lowest BCUT2D eigenvalue weighted by Crippen LogP contribution is -2.51. The third-order valence-electron chi connectivity index (χ3n) is 4.31. The SMILES string of the molecule is CCc1ccc(CC)c(NC(=O)N2CCOC[C@@H]2C[C@@H](C)O)c1. The molecule has 1 heterocycles. The van der Waals surface area contributed by atoms with Crippen molar-refractivity contribution in [2.75, 3.05) is 25.1 Å². The maximum atomic E-state index is 12.7. The quantitative estimate of drug-likeness (QED) is 0.877. The molecule has 0 unspecified atom stereocenters. The number of nitrogens with zero attached hydrogens (tertiary/aromatic N) is 1. The van der Waals surface area contributed by atoms with Crippen molar-refractivity contribution in [2.24, 2.45) is 0 Å². The molecule has 0 aliphatic carbocycles. The first kappa shape index (κ1) is 17.8. The van der Waals surface area contributed by atoms with Crippen LogP contribution in [0.1, 0.15) is 38.3 Å². The van der Waals surface area contributed by atoms with E-state index in [9.17, 15) is 9.90 Å². The second-order valence-corrected chi connectivity index (χ2v) is 6.14. The average Bonchev–Trinajstić information content (AvgIpc) is 2.54. The van der Waals surface area contributed by atoms with Crippen LogP contribution in [0.25, 0.3) is 0 Å². The maximum absolute atomic E-state index is 12.7. The van der Waals surface area contributed by atoms with E-state index in [0.717, 1.165) is 24.1 Å². The fourth-order valence-electron chi connectivity index (χ4n) is 2.97. The van der Waals surface area contributed by atoms with Crippen LogP contribution in [-0.2, 0) is 17.6 Å². The van der Waals surface area contributed by atoms with Crippen molar-refractivity contribution in [1.82, 2.24) is 4.90 Å². The summed E-state index contributed by atoms with van der Waals surface area (Å²) in [5.41, 5.74) is 3.23. The molecule has 5 heteroatoms. The third-order valence-corrected chi connectivity index (χ3v) is 4.31. The van der Waals surface area contributed by atoms with Crippen molar-refractivity contribution in [3.8, 4) is 0 Å². The number of morpholine rings is 1. The van der Waals surface area contributed by atoms with Crippen molar-refractivity contribution in [3.63, 3.8) is 0 Å². The molecule has 2 atom stereocenters. The number of urea groups is 1. The van der Waals surface area contributed by atoms with Crippen LogP contribution >= 0.6 is 0 Å². The Hall–Kier alpha value is -1.59. The van der Waals surface area contributed by atoms with E-state index in [4.69, 9.17) is 4.74 Å². The zero-order valence-corrected chi connectivity index (χ0v) is 14.3. The zero-order valence-electron chi connectivity index (χ0n) is 14.3. The Kier molecular flexibility index (Phi) is 6.42. The first-order chi connectivity index (χ1) is 11.0. The molecule has 0 saturated carbocycles. The molecule has 2 N–H and O–H groups in total. The van der Waals surface area contributed by atoms with Gasteiger partial charge in [0.1, 0.15) is 0 Å². The van der Waals surface area contributed by atoms with Crippen molar-refractivity contribution < 1.29 is 14.6 Å². The number of ether oxygens (including phenoxy) is 1. The highest BCUT2D eigenvalue weighted by atomic mass is 16.5. The van der Waals surface area contributed by atoms with Gasteiger partial charge >= 0.3 is 6.03 Å². The molecule has 23 heavy (non-hydrogen) atoms. The molecular weight excluding hydrogens is 292 g/mol. The Balaban J connectivity index is 2.13. The summed E-state index contributed by atoms with van der Waals surface area (Å²) in [6.45, 7) is 7.50. The van der Waals surface area contributed by atoms with Gasteiger partial charge in [0.2, 0.25) is 0 Å². The topological polar surface area (TPSA) is 61.8 Å². The summed E-state index contributed by atoms with van der Waals surface area (Å²) in [5.74, 6) is 0. The van der Waals surface area contributed by atoms with Gasteiger partial charge in [-0.3, -0.25) is 0 Å². The minimum atomic E-state index is -0.452. The Morgan fingerprint density at radius 3 is 2.87 bits per heavy atom. The van der Waals surface area contributed by atoms with Gasteiger partial charge in [0.25, 0.3) is 0 Å². The lowest BCUT2D eigenvalue weighted by Gasteiger charge is -2.36. The summed E-state index contributed by atoms with van der Waals surface area (Å²) in [6, 6.07) is 6.06. The molecule has 0 bridgehead atoms. The second-order valence-electron chi connectivity index (χ2n) is 6.14. The van der Waals surface area contributed by atoms with Crippen LogP contribution in [0.4, 0.5) is 10.5 Å².